The highest BCUT2D eigenvalue weighted by atomic mass is 32.2. The zero-order chi connectivity index (χ0) is 15.6. The van der Waals surface area contributed by atoms with Crippen molar-refractivity contribution in [2.75, 3.05) is 11.9 Å². The number of alkyl halides is 3. The number of nitrogens with one attached hydrogen (secondary N) is 1. The summed E-state index contributed by atoms with van der Waals surface area (Å²) in [6, 6.07) is 2.37. The molecular formula is C10H11F3N2O4S. The molecule has 0 aliphatic rings. The number of halogens is 3. The minimum absolute atomic E-state index is 0.0500. The second-order valence-electron chi connectivity index (χ2n) is 3.82. The van der Waals surface area contributed by atoms with Crippen molar-refractivity contribution in [2.24, 2.45) is 5.14 Å². The Morgan fingerprint density at radius 1 is 1.35 bits per heavy atom. The van der Waals surface area contributed by atoms with Gasteiger partial charge in [0, 0.05) is 12.2 Å². The Labute approximate surface area is 112 Å². The van der Waals surface area contributed by atoms with E-state index in [2.05, 4.69) is 5.32 Å². The summed E-state index contributed by atoms with van der Waals surface area (Å²) in [5.74, 6) is -1.12. The molecule has 0 bridgehead atoms. The fourth-order valence-corrected chi connectivity index (χ4v) is 2.16. The lowest BCUT2D eigenvalue weighted by Crippen LogP contribution is -2.19. The molecule has 10 heteroatoms. The van der Waals surface area contributed by atoms with Gasteiger partial charge in [-0.25, -0.2) is 13.6 Å². The lowest BCUT2D eigenvalue weighted by atomic mass is 10.2. The Morgan fingerprint density at radius 3 is 2.40 bits per heavy atom. The molecule has 0 spiro atoms. The monoisotopic (exact) mass is 312 g/mol. The molecule has 4 N–H and O–H groups in total. The van der Waals surface area contributed by atoms with E-state index in [0.29, 0.717) is 6.07 Å². The van der Waals surface area contributed by atoms with Gasteiger partial charge in [-0.15, -0.1) is 0 Å². The Bertz CT molecular complexity index is 613. The van der Waals surface area contributed by atoms with Crippen LogP contribution in [0, 0.1) is 0 Å². The molecular weight excluding hydrogens is 301 g/mol. The number of primary sulfonamides is 1. The van der Waals surface area contributed by atoms with Crippen molar-refractivity contribution in [3.05, 3.63) is 23.8 Å². The maximum Gasteiger partial charge on any atom is 0.417 e. The molecule has 0 radical (unpaired) electrons. The van der Waals surface area contributed by atoms with E-state index < -0.39 is 32.6 Å². The van der Waals surface area contributed by atoms with Gasteiger partial charge in [-0.05, 0) is 18.2 Å². The fraction of sp³-hybridized carbons (Fsp3) is 0.300. The summed E-state index contributed by atoms with van der Waals surface area (Å²) in [4.78, 5) is 9.25. The average molecular weight is 312 g/mol. The predicted molar refractivity (Wildman–Crippen MR) is 63.6 cm³/mol. The standard InChI is InChI=1S/C10H11F3N2O4S/c11-10(12,13)7-5-6(15-4-3-9(16)17)1-2-8(7)20(14,18)19/h1-2,5,15H,3-4H2,(H,16,17)(H2,14,18,19). The van der Waals surface area contributed by atoms with Gasteiger partial charge >= 0.3 is 12.1 Å². The van der Waals surface area contributed by atoms with Crippen LogP contribution in [0.3, 0.4) is 0 Å². The molecule has 0 aliphatic heterocycles. The second-order valence-corrected chi connectivity index (χ2v) is 5.35. The van der Waals surface area contributed by atoms with Crippen molar-refractivity contribution in [1.29, 1.82) is 0 Å². The number of carboxylic acids is 1. The molecule has 6 nitrogen and oxygen atoms in total. The quantitative estimate of drug-likeness (QED) is 0.758. The molecule has 0 saturated carbocycles. The summed E-state index contributed by atoms with van der Waals surface area (Å²) in [5.41, 5.74) is -1.45. The highest BCUT2D eigenvalue weighted by Gasteiger charge is 2.36. The van der Waals surface area contributed by atoms with Crippen molar-refractivity contribution in [3.63, 3.8) is 0 Å². The van der Waals surface area contributed by atoms with Gasteiger partial charge in [-0.3, -0.25) is 4.79 Å². The van der Waals surface area contributed by atoms with Crippen molar-refractivity contribution < 1.29 is 31.5 Å². The molecule has 20 heavy (non-hydrogen) atoms. The number of nitrogens with two attached hydrogens (primary N) is 1. The zero-order valence-corrected chi connectivity index (χ0v) is 10.8. The number of carbonyl (C=O) groups is 1. The van der Waals surface area contributed by atoms with E-state index in [1.807, 2.05) is 0 Å². The van der Waals surface area contributed by atoms with Gasteiger partial charge in [0.15, 0.2) is 0 Å². The molecule has 1 aromatic carbocycles. The minimum Gasteiger partial charge on any atom is -0.481 e. The molecule has 0 aromatic heterocycles. The van der Waals surface area contributed by atoms with Crippen molar-refractivity contribution >= 4 is 21.7 Å². The largest absolute Gasteiger partial charge is 0.481 e. The van der Waals surface area contributed by atoms with Crippen molar-refractivity contribution in [2.45, 2.75) is 17.5 Å². The van der Waals surface area contributed by atoms with Crippen molar-refractivity contribution in [1.82, 2.24) is 0 Å². The number of sulfonamides is 1. The zero-order valence-electron chi connectivity index (χ0n) is 9.94. The van der Waals surface area contributed by atoms with E-state index in [4.69, 9.17) is 10.2 Å². The molecule has 0 atom stereocenters. The first-order valence-electron chi connectivity index (χ1n) is 5.21. The average Bonchev–Trinajstić information content (AvgIpc) is 2.25. The summed E-state index contributed by atoms with van der Waals surface area (Å²) >= 11 is 0. The summed E-state index contributed by atoms with van der Waals surface area (Å²) in [7, 11) is -4.51. The number of hydrogen-bond donors (Lipinski definition) is 3. The number of aliphatic carboxylic acids is 1. The van der Waals surface area contributed by atoms with Crippen LogP contribution in [-0.2, 0) is 21.0 Å². The Hall–Kier alpha value is -1.81. The van der Waals surface area contributed by atoms with Gasteiger partial charge in [-0.1, -0.05) is 0 Å². The van der Waals surface area contributed by atoms with E-state index in [0.717, 1.165) is 12.1 Å². The molecule has 0 amide bonds. The third kappa shape index (κ3) is 4.38. The van der Waals surface area contributed by atoms with Crippen LogP contribution in [0.1, 0.15) is 12.0 Å². The summed E-state index contributed by atoms with van der Waals surface area (Å²) < 4.78 is 60.5. The topological polar surface area (TPSA) is 109 Å². The fourth-order valence-electron chi connectivity index (χ4n) is 1.42. The van der Waals surface area contributed by atoms with Gasteiger partial charge in [0.25, 0.3) is 0 Å². The lowest BCUT2D eigenvalue weighted by Gasteiger charge is -2.14. The van der Waals surface area contributed by atoms with Crippen LogP contribution >= 0.6 is 0 Å². The Kier molecular flexibility index (Phi) is 4.61. The highest BCUT2D eigenvalue weighted by Crippen LogP contribution is 2.35. The summed E-state index contributed by atoms with van der Waals surface area (Å²) in [6.07, 6.45) is -5.19. The number of rotatable bonds is 5. The second kappa shape index (κ2) is 5.67. The molecule has 1 aromatic rings. The minimum atomic E-state index is -4.90. The van der Waals surface area contributed by atoms with E-state index in [9.17, 15) is 26.4 Å². The number of hydrogen-bond acceptors (Lipinski definition) is 4. The molecule has 112 valence electrons. The number of carboxylic acid groups (broad SMARTS) is 1. The number of benzene rings is 1. The van der Waals surface area contributed by atoms with Crippen LogP contribution in [0.5, 0.6) is 0 Å². The van der Waals surface area contributed by atoms with E-state index >= 15 is 0 Å². The van der Waals surface area contributed by atoms with Crippen LogP contribution in [0.25, 0.3) is 0 Å². The van der Waals surface area contributed by atoms with Gasteiger partial charge in [0.2, 0.25) is 10.0 Å². The Morgan fingerprint density at radius 2 is 1.95 bits per heavy atom. The first-order chi connectivity index (χ1) is 9.01. The van der Waals surface area contributed by atoms with Gasteiger partial charge < -0.3 is 10.4 Å². The molecule has 0 saturated heterocycles. The van der Waals surface area contributed by atoms with Crippen LogP contribution in [0.15, 0.2) is 23.1 Å². The van der Waals surface area contributed by atoms with Crippen molar-refractivity contribution in [3.8, 4) is 0 Å². The van der Waals surface area contributed by atoms with E-state index in [1.165, 1.54) is 0 Å². The maximum absolute atomic E-state index is 12.8. The van der Waals surface area contributed by atoms with Crippen LogP contribution in [-0.4, -0.2) is 26.0 Å². The molecule has 1 rings (SSSR count). The first kappa shape index (κ1) is 16.2. The summed E-state index contributed by atoms with van der Waals surface area (Å²) in [6.45, 7) is -0.0959. The first-order valence-corrected chi connectivity index (χ1v) is 6.76. The lowest BCUT2D eigenvalue weighted by molar-refractivity contribution is -0.140. The maximum atomic E-state index is 12.8. The van der Waals surface area contributed by atoms with Crippen LogP contribution in [0.4, 0.5) is 18.9 Å². The third-order valence-electron chi connectivity index (χ3n) is 2.26. The van der Waals surface area contributed by atoms with Crippen LogP contribution < -0.4 is 10.5 Å². The predicted octanol–water partition coefficient (Wildman–Crippen LogP) is 1.24. The van der Waals surface area contributed by atoms with E-state index in [-0.39, 0.29) is 18.7 Å². The molecule has 0 unspecified atom stereocenters. The van der Waals surface area contributed by atoms with Gasteiger partial charge in [0.1, 0.15) is 0 Å². The van der Waals surface area contributed by atoms with Gasteiger partial charge in [-0.2, -0.15) is 13.2 Å². The number of anilines is 1. The normalized spacial score (nSPS) is 12.2. The molecule has 0 heterocycles. The smallest absolute Gasteiger partial charge is 0.417 e. The summed E-state index contributed by atoms with van der Waals surface area (Å²) in [5, 5.41) is 15.6. The van der Waals surface area contributed by atoms with Gasteiger partial charge in [0.05, 0.1) is 16.9 Å². The molecule has 0 fully saturated rings. The molecule has 0 aliphatic carbocycles. The Balaban J connectivity index is 3.13. The van der Waals surface area contributed by atoms with Crippen LogP contribution in [0.2, 0.25) is 0 Å². The highest BCUT2D eigenvalue weighted by molar-refractivity contribution is 7.89. The SMILES string of the molecule is NS(=O)(=O)c1ccc(NCCC(=O)O)cc1C(F)(F)F. The van der Waals surface area contributed by atoms with E-state index in [1.54, 1.807) is 0 Å². The third-order valence-corrected chi connectivity index (χ3v) is 3.23.